The summed E-state index contributed by atoms with van der Waals surface area (Å²) in [5.41, 5.74) is 1.52. The van der Waals surface area contributed by atoms with Crippen molar-refractivity contribution in [2.45, 2.75) is 26.2 Å². The first-order valence-electron chi connectivity index (χ1n) is 8.25. The molecule has 0 bridgehead atoms. The van der Waals surface area contributed by atoms with Crippen LogP contribution >= 0.6 is 15.2 Å². The van der Waals surface area contributed by atoms with Crippen LogP contribution in [0.3, 0.4) is 0 Å². The second-order valence-electron chi connectivity index (χ2n) is 5.34. The van der Waals surface area contributed by atoms with Gasteiger partial charge in [0, 0.05) is 12.3 Å². The van der Waals surface area contributed by atoms with Crippen LogP contribution in [-0.2, 0) is 30.5 Å². The molecule has 0 radical (unpaired) electrons. The van der Waals surface area contributed by atoms with Crippen LogP contribution < -0.4 is 9.79 Å². The molecule has 2 rings (SSSR count). The molecule has 0 aliphatic rings. The largest absolute Gasteiger partial charge is 2.00 e. The average molecular weight is 407 g/mol. The third-order valence-corrected chi connectivity index (χ3v) is 5.90. The molecule has 0 saturated carbocycles. The standard InChI is InChI=1S/2C9H13O3P.Be/c2*1-2-12-13(10,11)8-9-6-4-3-5-7-9;/h2*3-7H,2,8H2,1H3,(H,10,11);/q;;+2/p-2. The van der Waals surface area contributed by atoms with Crippen molar-refractivity contribution < 1.29 is 28.0 Å². The molecule has 9 heteroatoms. The van der Waals surface area contributed by atoms with Crippen molar-refractivity contribution in [2.75, 3.05) is 13.2 Å². The summed E-state index contributed by atoms with van der Waals surface area (Å²) in [7, 11) is -7.33. The maximum absolute atomic E-state index is 11.2. The zero-order chi connectivity index (χ0) is 19.5. The third-order valence-electron chi connectivity index (χ3n) is 3.09. The van der Waals surface area contributed by atoms with Crippen molar-refractivity contribution in [2.24, 2.45) is 0 Å². The summed E-state index contributed by atoms with van der Waals surface area (Å²) >= 11 is 0. The fraction of sp³-hybridized carbons (Fsp3) is 0.333. The van der Waals surface area contributed by atoms with Crippen LogP contribution in [0.15, 0.2) is 60.7 Å². The first-order valence-corrected chi connectivity index (χ1v) is 11.7. The van der Waals surface area contributed by atoms with Crippen molar-refractivity contribution in [3.8, 4) is 0 Å². The Bertz CT molecular complexity index is 664. The molecule has 2 unspecified atom stereocenters. The Morgan fingerprint density at radius 2 is 1.00 bits per heavy atom. The van der Waals surface area contributed by atoms with Crippen LogP contribution in [0.4, 0.5) is 0 Å². The van der Waals surface area contributed by atoms with Crippen LogP contribution in [0.2, 0.25) is 0 Å². The molecule has 6 nitrogen and oxygen atoms in total. The van der Waals surface area contributed by atoms with Gasteiger partial charge in [-0.2, -0.15) is 0 Å². The summed E-state index contributed by atoms with van der Waals surface area (Å²) in [6.45, 7) is 3.73. The van der Waals surface area contributed by atoms with Crippen molar-refractivity contribution in [1.82, 2.24) is 0 Å². The molecular weight excluding hydrogens is 383 g/mol. The number of benzene rings is 2. The van der Waals surface area contributed by atoms with E-state index < -0.39 is 15.2 Å². The number of hydrogen-bond donors (Lipinski definition) is 0. The summed E-state index contributed by atoms with van der Waals surface area (Å²) in [5.74, 6) is 0. The molecule has 0 fully saturated rings. The van der Waals surface area contributed by atoms with Gasteiger partial charge in [-0.1, -0.05) is 60.7 Å². The summed E-state index contributed by atoms with van der Waals surface area (Å²) in [6.07, 6.45) is -0.0522. The number of hydrogen-bond acceptors (Lipinski definition) is 6. The molecule has 2 aromatic carbocycles. The maximum Gasteiger partial charge on any atom is 2.00 e. The zero-order valence-electron chi connectivity index (χ0n) is 15.7. The van der Waals surface area contributed by atoms with Gasteiger partial charge in [-0.25, -0.2) is 0 Å². The maximum atomic E-state index is 11.2. The Hall–Kier alpha value is -1.09. The number of rotatable bonds is 8. The Balaban J connectivity index is 0.000000483. The fourth-order valence-corrected chi connectivity index (χ4v) is 4.38. The zero-order valence-corrected chi connectivity index (χ0v) is 17.4. The van der Waals surface area contributed by atoms with Gasteiger partial charge in [0.15, 0.2) is 0 Å². The average Bonchev–Trinajstić information content (AvgIpc) is 2.56. The van der Waals surface area contributed by atoms with Gasteiger partial charge < -0.3 is 28.0 Å². The van der Waals surface area contributed by atoms with Gasteiger partial charge >= 0.3 is 10.1 Å². The Labute approximate surface area is 164 Å². The van der Waals surface area contributed by atoms with E-state index in [9.17, 15) is 18.9 Å². The first-order chi connectivity index (χ1) is 12.3. The van der Waals surface area contributed by atoms with Crippen LogP contribution in [0, 0.1) is 0 Å². The molecule has 0 heterocycles. The van der Waals surface area contributed by atoms with E-state index in [1.54, 1.807) is 62.4 Å². The Morgan fingerprint density at radius 3 is 1.26 bits per heavy atom. The van der Waals surface area contributed by atoms with E-state index >= 15 is 0 Å². The van der Waals surface area contributed by atoms with E-state index in [1.807, 2.05) is 12.1 Å². The van der Waals surface area contributed by atoms with E-state index in [0.29, 0.717) is 0 Å². The second kappa shape index (κ2) is 13.1. The van der Waals surface area contributed by atoms with Crippen molar-refractivity contribution in [3.63, 3.8) is 0 Å². The molecule has 27 heavy (non-hydrogen) atoms. The molecule has 2 atom stereocenters. The molecule has 0 aromatic heterocycles. The predicted octanol–water partition coefficient (Wildman–Crippen LogP) is 3.17. The summed E-state index contributed by atoms with van der Waals surface area (Å²) in [5, 5.41) is 0. The van der Waals surface area contributed by atoms with Gasteiger partial charge in [-0.15, -0.1) is 0 Å². The van der Waals surface area contributed by atoms with Gasteiger partial charge in [0.05, 0.1) is 13.2 Å². The smallest absolute Gasteiger partial charge is 0.778 e. The van der Waals surface area contributed by atoms with Gasteiger partial charge in [0.2, 0.25) is 0 Å². The van der Waals surface area contributed by atoms with Crippen LogP contribution in [0.1, 0.15) is 25.0 Å². The molecule has 0 amide bonds. The molecule has 2 aromatic rings. The Kier molecular flexibility index (Phi) is 12.6. The molecule has 0 saturated heterocycles. The van der Waals surface area contributed by atoms with E-state index in [4.69, 9.17) is 0 Å². The second-order valence-corrected chi connectivity index (χ2v) is 8.94. The van der Waals surface area contributed by atoms with Crippen molar-refractivity contribution in [1.29, 1.82) is 0 Å². The first kappa shape index (κ1) is 25.9. The minimum Gasteiger partial charge on any atom is -0.778 e. The van der Waals surface area contributed by atoms with E-state index in [2.05, 4.69) is 9.05 Å². The van der Waals surface area contributed by atoms with Crippen molar-refractivity contribution >= 4 is 25.3 Å². The normalized spacial score (nSPS) is 14.7. The molecule has 0 N–H and O–H groups in total. The quantitative estimate of drug-likeness (QED) is 0.492. The van der Waals surface area contributed by atoms with Crippen LogP contribution in [0.25, 0.3) is 0 Å². The summed E-state index contributed by atoms with van der Waals surface area (Å²) in [4.78, 5) is 22.4. The van der Waals surface area contributed by atoms with Crippen LogP contribution in [-0.4, -0.2) is 23.3 Å². The SMILES string of the molecule is CCOP(=O)([O-])Cc1ccccc1.CCOP(=O)([O-])Cc1ccccc1.[Be+2]. The van der Waals surface area contributed by atoms with Gasteiger partial charge in [0.25, 0.3) is 0 Å². The summed E-state index contributed by atoms with van der Waals surface area (Å²) < 4.78 is 31.7. The predicted molar refractivity (Wildman–Crippen MR) is 105 cm³/mol. The molecular formula is C18H24BeO6P2. The summed E-state index contributed by atoms with van der Waals surface area (Å²) in [6, 6.07) is 18.0. The van der Waals surface area contributed by atoms with Gasteiger partial charge in [0.1, 0.15) is 15.2 Å². The van der Waals surface area contributed by atoms with Crippen molar-refractivity contribution in [3.05, 3.63) is 71.8 Å². The van der Waals surface area contributed by atoms with Gasteiger partial charge in [-0.05, 0) is 25.0 Å². The third kappa shape index (κ3) is 12.1. The molecule has 0 aliphatic carbocycles. The Morgan fingerprint density at radius 1 is 0.704 bits per heavy atom. The monoisotopic (exact) mass is 407 g/mol. The molecule has 144 valence electrons. The van der Waals surface area contributed by atoms with E-state index in [0.717, 1.165) is 11.1 Å². The van der Waals surface area contributed by atoms with Gasteiger partial charge in [-0.3, -0.25) is 0 Å². The minimum atomic E-state index is -3.66. The molecule has 0 spiro atoms. The molecule has 0 aliphatic heterocycles. The van der Waals surface area contributed by atoms with Crippen LogP contribution in [0.5, 0.6) is 0 Å². The fourth-order valence-electron chi connectivity index (χ4n) is 2.10. The van der Waals surface area contributed by atoms with E-state index in [1.165, 1.54) is 0 Å². The minimum absolute atomic E-state index is 0. The topological polar surface area (TPSA) is 98.7 Å². The van der Waals surface area contributed by atoms with E-state index in [-0.39, 0.29) is 35.7 Å².